The van der Waals surface area contributed by atoms with Gasteiger partial charge in [0.15, 0.2) is 0 Å². The lowest BCUT2D eigenvalue weighted by molar-refractivity contribution is -0.142. The zero-order valence-corrected chi connectivity index (χ0v) is 12.7. The number of hydrogen-bond donors (Lipinski definition) is 2. The van der Waals surface area contributed by atoms with Gasteiger partial charge in [-0.25, -0.2) is 0 Å². The summed E-state index contributed by atoms with van der Waals surface area (Å²) in [5.41, 5.74) is -0.999. The van der Waals surface area contributed by atoms with Crippen LogP contribution in [0.2, 0.25) is 0 Å². The Balaban J connectivity index is 2.54. The van der Waals surface area contributed by atoms with E-state index < -0.39 is 5.41 Å². The van der Waals surface area contributed by atoms with Gasteiger partial charge in [0.05, 0.1) is 0 Å². The molecule has 2 amide bonds. The molecule has 4 heteroatoms. The van der Waals surface area contributed by atoms with E-state index in [1.165, 1.54) is 19.3 Å². The standard InChI is InChI=1S/C15H28N2O2/c1-5-11(2)16-13(18)15(3,4)14(19)17-12-9-7-6-8-10-12/h11-12H,5-10H2,1-4H3,(H,16,18)(H,17,19). The molecule has 0 radical (unpaired) electrons. The van der Waals surface area contributed by atoms with Crippen LogP contribution in [0.5, 0.6) is 0 Å². The average Bonchev–Trinajstić information content (AvgIpc) is 2.39. The predicted octanol–water partition coefficient (Wildman–Crippen LogP) is 2.38. The number of nitrogens with one attached hydrogen (secondary N) is 2. The molecule has 0 heterocycles. The van der Waals surface area contributed by atoms with Gasteiger partial charge in [-0.15, -0.1) is 0 Å². The third-order valence-corrected chi connectivity index (χ3v) is 4.07. The molecule has 1 unspecified atom stereocenters. The first-order valence-electron chi connectivity index (χ1n) is 7.49. The molecular formula is C15H28N2O2. The van der Waals surface area contributed by atoms with Crippen LogP contribution in [-0.4, -0.2) is 23.9 Å². The van der Waals surface area contributed by atoms with Crippen LogP contribution in [0, 0.1) is 5.41 Å². The second-order valence-corrected chi connectivity index (χ2v) is 6.22. The van der Waals surface area contributed by atoms with Gasteiger partial charge in [-0.3, -0.25) is 9.59 Å². The summed E-state index contributed by atoms with van der Waals surface area (Å²) in [7, 11) is 0. The molecule has 1 aliphatic rings. The molecule has 1 rings (SSSR count). The zero-order chi connectivity index (χ0) is 14.5. The normalized spacial score (nSPS) is 18.7. The smallest absolute Gasteiger partial charge is 0.235 e. The lowest BCUT2D eigenvalue weighted by Gasteiger charge is -2.29. The highest BCUT2D eigenvalue weighted by Gasteiger charge is 2.37. The van der Waals surface area contributed by atoms with Crippen molar-refractivity contribution < 1.29 is 9.59 Å². The molecule has 0 aromatic carbocycles. The summed E-state index contributed by atoms with van der Waals surface area (Å²) < 4.78 is 0. The molecule has 0 spiro atoms. The highest BCUT2D eigenvalue weighted by molar-refractivity contribution is 6.04. The van der Waals surface area contributed by atoms with Crippen LogP contribution in [0.1, 0.15) is 66.2 Å². The molecule has 1 saturated carbocycles. The molecule has 19 heavy (non-hydrogen) atoms. The topological polar surface area (TPSA) is 58.2 Å². The SMILES string of the molecule is CCC(C)NC(=O)C(C)(C)C(=O)NC1CCCCC1. The monoisotopic (exact) mass is 268 g/mol. The Kier molecular flexibility index (Phi) is 5.83. The van der Waals surface area contributed by atoms with Gasteiger partial charge >= 0.3 is 0 Å². The Morgan fingerprint density at radius 2 is 1.74 bits per heavy atom. The van der Waals surface area contributed by atoms with E-state index in [4.69, 9.17) is 0 Å². The van der Waals surface area contributed by atoms with E-state index in [1.54, 1.807) is 13.8 Å². The van der Waals surface area contributed by atoms with Gasteiger partial charge in [0.1, 0.15) is 5.41 Å². The summed E-state index contributed by atoms with van der Waals surface area (Å²) in [6, 6.07) is 0.353. The van der Waals surface area contributed by atoms with Crippen molar-refractivity contribution in [3.8, 4) is 0 Å². The molecule has 0 aliphatic heterocycles. The fourth-order valence-electron chi connectivity index (χ4n) is 2.22. The van der Waals surface area contributed by atoms with Crippen molar-refractivity contribution >= 4 is 11.8 Å². The van der Waals surface area contributed by atoms with E-state index >= 15 is 0 Å². The fourth-order valence-corrected chi connectivity index (χ4v) is 2.22. The highest BCUT2D eigenvalue weighted by atomic mass is 16.2. The minimum Gasteiger partial charge on any atom is -0.353 e. The molecule has 0 aromatic rings. The minimum absolute atomic E-state index is 0.106. The maximum absolute atomic E-state index is 12.3. The molecule has 4 nitrogen and oxygen atoms in total. The van der Waals surface area contributed by atoms with Gasteiger partial charge in [0, 0.05) is 12.1 Å². The third-order valence-electron chi connectivity index (χ3n) is 4.07. The van der Waals surface area contributed by atoms with Gasteiger partial charge in [0.25, 0.3) is 0 Å². The third kappa shape index (κ3) is 4.51. The molecule has 110 valence electrons. The summed E-state index contributed by atoms with van der Waals surface area (Å²) >= 11 is 0. The van der Waals surface area contributed by atoms with Gasteiger partial charge in [-0.1, -0.05) is 26.2 Å². The maximum atomic E-state index is 12.3. The van der Waals surface area contributed by atoms with Crippen molar-refractivity contribution in [1.29, 1.82) is 0 Å². The Hall–Kier alpha value is -1.06. The van der Waals surface area contributed by atoms with E-state index in [0.717, 1.165) is 19.3 Å². The molecule has 0 saturated heterocycles. The quantitative estimate of drug-likeness (QED) is 0.752. The Labute approximate surface area is 116 Å². The summed E-state index contributed by atoms with van der Waals surface area (Å²) in [5.74, 6) is -0.338. The van der Waals surface area contributed by atoms with Crippen molar-refractivity contribution in [2.45, 2.75) is 78.3 Å². The van der Waals surface area contributed by atoms with Crippen molar-refractivity contribution in [2.75, 3.05) is 0 Å². The number of amides is 2. The van der Waals surface area contributed by atoms with E-state index in [1.807, 2.05) is 13.8 Å². The Morgan fingerprint density at radius 1 is 1.16 bits per heavy atom. The van der Waals surface area contributed by atoms with E-state index in [9.17, 15) is 9.59 Å². The molecule has 0 aromatic heterocycles. The summed E-state index contributed by atoms with van der Waals surface area (Å²) in [4.78, 5) is 24.4. The lowest BCUT2D eigenvalue weighted by Crippen LogP contribution is -2.52. The van der Waals surface area contributed by atoms with Gasteiger partial charge in [0.2, 0.25) is 11.8 Å². The summed E-state index contributed by atoms with van der Waals surface area (Å²) in [6.45, 7) is 7.36. The molecule has 2 N–H and O–H groups in total. The Morgan fingerprint density at radius 3 is 2.26 bits per heavy atom. The zero-order valence-electron chi connectivity index (χ0n) is 12.7. The van der Waals surface area contributed by atoms with Crippen molar-refractivity contribution in [2.24, 2.45) is 5.41 Å². The van der Waals surface area contributed by atoms with Crippen molar-refractivity contribution in [1.82, 2.24) is 10.6 Å². The Bertz CT molecular complexity index is 320. The van der Waals surface area contributed by atoms with Crippen molar-refractivity contribution in [3.63, 3.8) is 0 Å². The summed E-state index contributed by atoms with van der Waals surface area (Å²) in [5, 5.41) is 5.92. The van der Waals surface area contributed by atoms with Crippen LogP contribution in [-0.2, 0) is 9.59 Å². The second-order valence-electron chi connectivity index (χ2n) is 6.22. The van der Waals surface area contributed by atoms with Crippen LogP contribution in [0.4, 0.5) is 0 Å². The number of rotatable bonds is 5. The maximum Gasteiger partial charge on any atom is 0.235 e. The first-order valence-corrected chi connectivity index (χ1v) is 7.49. The van der Waals surface area contributed by atoms with Crippen LogP contribution in [0.3, 0.4) is 0 Å². The first-order chi connectivity index (χ1) is 8.87. The van der Waals surface area contributed by atoms with Gasteiger partial charge in [-0.2, -0.15) is 0 Å². The van der Waals surface area contributed by atoms with Crippen molar-refractivity contribution in [3.05, 3.63) is 0 Å². The van der Waals surface area contributed by atoms with E-state index in [2.05, 4.69) is 10.6 Å². The fraction of sp³-hybridized carbons (Fsp3) is 0.867. The van der Waals surface area contributed by atoms with Crippen LogP contribution < -0.4 is 10.6 Å². The largest absolute Gasteiger partial charge is 0.353 e. The van der Waals surface area contributed by atoms with Crippen LogP contribution in [0.25, 0.3) is 0 Å². The number of hydrogen-bond acceptors (Lipinski definition) is 2. The van der Waals surface area contributed by atoms with Gasteiger partial charge in [-0.05, 0) is 40.0 Å². The van der Waals surface area contributed by atoms with Gasteiger partial charge < -0.3 is 10.6 Å². The molecular weight excluding hydrogens is 240 g/mol. The summed E-state index contributed by atoms with van der Waals surface area (Å²) in [6.07, 6.45) is 6.54. The first kappa shape index (κ1) is 16.0. The van der Waals surface area contributed by atoms with Crippen LogP contribution >= 0.6 is 0 Å². The minimum atomic E-state index is -0.999. The van der Waals surface area contributed by atoms with E-state index in [-0.39, 0.29) is 23.9 Å². The average molecular weight is 268 g/mol. The highest BCUT2D eigenvalue weighted by Crippen LogP contribution is 2.21. The van der Waals surface area contributed by atoms with E-state index in [0.29, 0.717) is 0 Å². The predicted molar refractivity (Wildman–Crippen MR) is 76.7 cm³/mol. The molecule has 0 bridgehead atoms. The second kappa shape index (κ2) is 6.92. The van der Waals surface area contributed by atoms with Crippen LogP contribution in [0.15, 0.2) is 0 Å². The lowest BCUT2D eigenvalue weighted by atomic mass is 9.88. The number of carbonyl (C=O) groups is 2. The molecule has 1 atom stereocenters. The molecule has 1 aliphatic carbocycles. The number of carbonyl (C=O) groups excluding carboxylic acids is 2. The molecule has 1 fully saturated rings.